The number of nitrogens with zero attached hydrogens (tertiary/aromatic N) is 1. The number of hydrogen-bond acceptors (Lipinski definition) is 2. The molecule has 0 aliphatic carbocycles. The standard InChI is InChI=1S/C17H18ClNO/c1-12-9-17(8-7-15(12)11-20)19(3)13(2)14-5-4-6-16(18)10-14/h4-11,13H,1-3H3. The van der Waals surface area contributed by atoms with E-state index in [1.807, 2.05) is 50.4 Å². The Morgan fingerprint density at radius 3 is 2.55 bits per heavy atom. The summed E-state index contributed by atoms with van der Waals surface area (Å²) in [6.07, 6.45) is 0.888. The summed E-state index contributed by atoms with van der Waals surface area (Å²) in [7, 11) is 2.04. The van der Waals surface area contributed by atoms with E-state index in [4.69, 9.17) is 11.6 Å². The summed E-state index contributed by atoms with van der Waals surface area (Å²) >= 11 is 6.05. The van der Waals surface area contributed by atoms with Crippen molar-refractivity contribution in [2.45, 2.75) is 19.9 Å². The van der Waals surface area contributed by atoms with E-state index in [1.165, 1.54) is 0 Å². The lowest BCUT2D eigenvalue weighted by Crippen LogP contribution is -2.21. The number of carbonyl (C=O) groups is 1. The van der Waals surface area contributed by atoms with Gasteiger partial charge in [0, 0.05) is 23.3 Å². The zero-order valence-corrected chi connectivity index (χ0v) is 12.7. The maximum atomic E-state index is 10.9. The molecular weight excluding hydrogens is 270 g/mol. The molecule has 0 spiro atoms. The van der Waals surface area contributed by atoms with Crippen molar-refractivity contribution < 1.29 is 4.79 Å². The molecule has 20 heavy (non-hydrogen) atoms. The van der Waals surface area contributed by atoms with Gasteiger partial charge >= 0.3 is 0 Å². The quantitative estimate of drug-likeness (QED) is 0.762. The van der Waals surface area contributed by atoms with Gasteiger partial charge in [-0.05, 0) is 55.3 Å². The lowest BCUT2D eigenvalue weighted by Gasteiger charge is -2.28. The highest BCUT2D eigenvalue weighted by atomic mass is 35.5. The van der Waals surface area contributed by atoms with Crippen LogP contribution in [0, 0.1) is 6.92 Å². The molecule has 0 saturated carbocycles. The van der Waals surface area contributed by atoms with Crippen LogP contribution in [0.25, 0.3) is 0 Å². The summed E-state index contributed by atoms with van der Waals surface area (Å²) < 4.78 is 0. The van der Waals surface area contributed by atoms with Gasteiger partial charge in [-0.15, -0.1) is 0 Å². The van der Waals surface area contributed by atoms with Gasteiger partial charge in [0.2, 0.25) is 0 Å². The highest BCUT2D eigenvalue weighted by Crippen LogP contribution is 2.27. The number of benzene rings is 2. The van der Waals surface area contributed by atoms with E-state index in [0.29, 0.717) is 0 Å². The Morgan fingerprint density at radius 1 is 1.20 bits per heavy atom. The third-order valence-corrected chi connectivity index (χ3v) is 3.93. The van der Waals surface area contributed by atoms with E-state index in [0.717, 1.165) is 33.7 Å². The first-order chi connectivity index (χ1) is 9.52. The third kappa shape index (κ3) is 3.02. The Hall–Kier alpha value is -1.80. The largest absolute Gasteiger partial charge is 0.368 e. The lowest BCUT2D eigenvalue weighted by molar-refractivity contribution is 0.112. The van der Waals surface area contributed by atoms with Crippen LogP contribution >= 0.6 is 11.6 Å². The molecule has 2 aromatic carbocycles. The zero-order valence-electron chi connectivity index (χ0n) is 11.9. The van der Waals surface area contributed by atoms with E-state index in [1.54, 1.807) is 0 Å². The number of aldehydes is 1. The number of aryl methyl sites for hydroxylation is 1. The van der Waals surface area contributed by atoms with Crippen LogP contribution in [0.3, 0.4) is 0 Å². The van der Waals surface area contributed by atoms with E-state index in [9.17, 15) is 4.79 Å². The van der Waals surface area contributed by atoms with Gasteiger partial charge in [-0.1, -0.05) is 23.7 Å². The van der Waals surface area contributed by atoms with Gasteiger partial charge in [0.15, 0.2) is 0 Å². The molecule has 2 rings (SSSR count). The van der Waals surface area contributed by atoms with Crippen molar-refractivity contribution >= 4 is 23.6 Å². The normalized spacial score (nSPS) is 12.0. The Labute approximate surface area is 125 Å². The zero-order chi connectivity index (χ0) is 14.7. The van der Waals surface area contributed by atoms with E-state index >= 15 is 0 Å². The lowest BCUT2D eigenvalue weighted by atomic mass is 10.0. The first kappa shape index (κ1) is 14.6. The van der Waals surface area contributed by atoms with Gasteiger partial charge in [0.25, 0.3) is 0 Å². The molecule has 0 aromatic heterocycles. The fourth-order valence-corrected chi connectivity index (χ4v) is 2.42. The van der Waals surface area contributed by atoms with E-state index in [2.05, 4.69) is 17.9 Å². The minimum absolute atomic E-state index is 0.204. The molecule has 0 radical (unpaired) electrons. The van der Waals surface area contributed by atoms with Gasteiger partial charge in [-0.2, -0.15) is 0 Å². The highest BCUT2D eigenvalue weighted by molar-refractivity contribution is 6.30. The Bertz CT molecular complexity index is 624. The molecule has 3 heteroatoms. The van der Waals surface area contributed by atoms with Gasteiger partial charge in [-0.3, -0.25) is 4.79 Å². The van der Waals surface area contributed by atoms with Crippen molar-refractivity contribution in [1.29, 1.82) is 0 Å². The summed E-state index contributed by atoms with van der Waals surface area (Å²) in [5.41, 5.74) is 3.97. The summed E-state index contributed by atoms with van der Waals surface area (Å²) in [5, 5.41) is 0.746. The van der Waals surface area contributed by atoms with Crippen LogP contribution in [-0.4, -0.2) is 13.3 Å². The minimum Gasteiger partial charge on any atom is -0.368 e. The van der Waals surface area contributed by atoms with E-state index < -0.39 is 0 Å². The second kappa shape index (κ2) is 6.10. The summed E-state index contributed by atoms with van der Waals surface area (Å²) in [5.74, 6) is 0. The molecular formula is C17H18ClNO. The molecule has 2 aromatic rings. The van der Waals surface area contributed by atoms with Crippen LogP contribution in [0.1, 0.15) is 34.5 Å². The second-order valence-electron chi connectivity index (χ2n) is 5.00. The molecule has 0 heterocycles. The Morgan fingerprint density at radius 2 is 1.95 bits per heavy atom. The number of hydrogen-bond donors (Lipinski definition) is 0. The molecule has 0 N–H and O–H groups in total. The van der Waals surface area contributed by atoms with Crippen LogP contribution in [0.4, 0.5) is 5.69 Å². The van der Waals surface area contributed by atoms with Crippen molar-refractivity contribution in [3.8, 4) is 0 Å². The van der Waals surface area contributed by atoms with Gasteiger partial charge < -0.3 is 4.90 Å². The van der Waals surface area contributed by atoms with Gasteiger partial charge in [-0.25, -0.2) is 0 Å². The van der Waals surface area contributed by atoms with Crippen molar-refractivity contribution in [2.75, 3.05) is 11.9 Å². The predicted molar refractivity (Wildman–Crippen MR) is 84.8 cm³/mol. The maximum Gasteiger partial charge on any atom is 0.150 e. The fourth-order valence-electron chi connectivity index (χ4n) is 2.23. The van der Waals surface area contributed by atoms with Crippen LogP contribution in [-0.2, 0) is 0 Å². The van der Waals surface area contributed by atoms with Crippen molar-refractivity contribution in [1.82, 2.24) is 0 Å². The average molecular weight is 288 g/mol. The smallest absolute Gasteiger partial charge is 0.150 e. The molecule has 2 nitrogen and oxygen atoms in total. The van der Waals surface area contributed by atoms with Crippen LogP contribution in [0.15, 0.2) is 42.5 Å². The molecule has 0 amide bonds. The van der Waals surface area contributed by atoms with Gasteiger partial charge in [0.1, 0.15) is 6.29 Å². The average Bonchev–Trinajstić information content (AvgIpc) is 2.45. The molecule has 0 saturated heterocycles. The maximum absolute atomic E-state index is 10.9. The van der Waals surface area contributed by atoms with Crippen molar-refractivity contribution in [3.05, 3.63) is 64.2 Å². The molecule has 1 unspecified atom stereocenters. The molecule has 1 atom stereocenters. The summed E-state index contributed by atoms with van der Waals surface area (Å²) in [6.45, 7) is 4.08. The minimum atomic E-state index is 0.204. The fraction of sp³-hybridized carbons (Fsp3) is 0.235. The highest BCUT2D eigenvalue weighted by Gasteiger charge is 2.13. The van der Waals surface area contributed by atoms with Crippen LogP contribution < -0.4 is 4.90 Å². The molecule has 0 fully saturated rings. The van der Waals surface area contributed by atoms with Crippen LogP contribution in [0.5, 0.6) is 0 Å². The monoisotopic (exact) mass is 287 g/mol. The molecule has 0 aliphatic heterocycles. The molecule has 0 bridgehead atoms. The van der Waals surface area contributed by atoms with Crippen molar-refractivity contribution in [3.63, 3.8) is 0 Å². The molecule has 104 valence electrons. The SMILES string of the molecule is Cc1cc(N(C)C(C)c2cccc(Cl)c2)ccc1C=O. The van der Waals surface area contributed by atoms with E-state index in [-0.39, 0.29) is 6.04 Å². The Balaban J connectivity index is 2.28. The third-order valence-electron chi connectivity index (χ3n) is 3.70. The van der Waals surface area contributed by atoms with Gasteiger partial charge in [0.05, 0.1) is 6.04 Å². The number of halogens is 1. The topological polar surface area (TPSA) is 20.3 Å². The second-order valence-corrected chi connectivity index (χ2v) is 5.44. The number of carbonyl (C=O) groups excluding carboxylic acids is 1. The first-order valence-electron chi connectivity index (χ1n) is 6.57. The van der Waals surface area contributed by atoms with Crippen molar-refractivity contribution in [2.24, 2.45) is 0 Å². The molecule has 0 aliphatic rings. The predicted octanol–water partition coefficient (Wildman–Crippen LogP) is 4.66. The van der Waals surface area contributed by atoms with Crippen LogP contribution in [0.2, 0.25) is 5.02 Å². The first-order valence-corrected chi connectivity index (χ1v) is 6.95. The Kier molecular flexibility index (Phi) is 4.46. The number of anilines is 1. The summed E-state index contributed by atoms with van der Waals surface area (Å²) in [6, 6.07) is 14.0. The number of rotatable bonds is 4. The summed E-state index contributed by atoms with van der Waals surface area (Å²) in [4.78, 5) is 13.0.